The third-order valence-electron chi connectivity index (χ3n) is 3.16. The molecule has 2 aromatic rings. The van der Waals surface area contributed by atoms with Crippen LogP contribution in [-0.2, 0) is 9.53 Å². The molecular weight excluding hydrogens is 288 g/mol. The number of carbonyl (C=O) groups excluding carboxylic acids is 1. The summed E-state index contributed by atoms with van der Waals surface area (Å²) in [5.41, 5.74) is 1.98. The summed E-state index contributed by atoms with van der Waals surface area (Å²) in [4.78, 5) is 12.0. The van der Waals surface area contributed by atoms with Gasteiger partial charge in [-0.15, -0.1) is 0 Å². The van der Waals surface area contributed by atoms with Crippen molar-refractivity contribution in [2.24, 2.45) is 0 Å². The first-order valence-corrected chi connectivity index (χ1v) is 7.00. The molecule has 0 N–H and O–H groups in total. The minimum Gasteiger partial charge on any atom is -0.492 e. The fraction of sp³-hybridized carbons (Fsp3) is 0.235. The summed E-state index contributed by atoms with van der Waals surface area (Å²) in [6.07, 6.45) is 0. The van der Waals surface area contributed by atoms with Gasteiger partial charge in [0, 0.05) is 5.02 Å². The normalized spacial score (nSPS) is 11.8. The van der Waals surface area contributed by atoms with E-state index in [1.807, 2.05) is 31.2 Å². The second kappa shape index (κ2) is 7.14. The van der Waals surface area contributed by atoms with Crippen molar-refractivity contribution in [3.8, 4) is 5.75 Å². The van der Waals surface area contributed by atoms with Gasteiger partial charge in [-0.3, -0.25) is 4.79 Å². The van der Waals surface area contributed by atoms with Crippen LogP contribution < -0.4 is 4.74 Å². The number of aryl methyl sites for hydroxylation is 1. The Labute approximate surface area is 129 Å². The van der Waals surface area contributed by atoms with E-state index in [0.29, 0.717) is 10.8 Å². The maximum atomic E-state index is 12.0. The van der Waals surface area contributed by atoms with Crippen LogP contribution in [0.5, 0.6) is 5.75 Å². The highest BCUT2D eigenvalue weighted by atomic mass is 35.5. The predicted molar refractivity (Wildman–Crippen MR) is 82.9 cm³/mol. The SMILES string of the molecule is COC(=O)C(COc1ccc(Cl)cc1)c1cccc(C)c1. The molecule has 0 aliphatic carbocycles. The van der Waals surface area contributed by atoms with Crippen LogP contribution in [0.25, 0.3) is 0 Å². The number of hydrogen-bond acceptors (Lipinski definition) is 3. The quantitative estimate of drug-likeness (QED) is 0.784. The number of rotatable bonds is 5. The van der Waals surface area contributed by atoms with Gasteiger partial charge in [0.2, 0.25) is 0 Å². The van der Waals surface area contributed by atoms with Crippen molar-refractivity contribution < 1.29 is 14.3 Å². The zero-order valence-electron chi connectivity index (χ0n) is 12.0. The Hall–Kier alpha value is -2.00. The van der Waals surface area contributed by atoms with Gasteiger partial charge in [-0.25, -0.2) is 0 Å². The monoisotopic (exact) mass is 304 g/mol. The zero-order valence-corrected chi connectivity index (χ0v) is 12.8. The lowest BCUT2D eigenvalue weighted by atomic mass is 9.98. The fourth-order valence-electron chi connectivity index (χ4n) is 2.04. The average molecular weight is 305 g/mol. The number of ether oxygens (including phenoxy) is 2. The molecule has 1 unspecified atom stereocenters. The van der Waals surface area contributed by atoms with Crippen LogP contribution in [0, 0.1) is 6.92 Å². The summed E-state index contributed by atoms with van der Waals surface area (Å²) >= 11 is 5.83. The lowest BCUT2D eigenvalue weighted by molar-refractivity contribution is -0.143. The van der Waals surface area contributed by atoms with Gasteiger partial charge >= 0.3 is 5.97 Å². The molecular formula is C17H17ClO3. The summed E-state index contributed by atoms with van der Waals surface area (Å²) in [6.45, 7) is 2.20. The van der Waals surface area contributed by atoms with E-state index in [0.717, 1.165) is 11.1 Å². The van der Waals surface area contributed by atoms with Crippen LogP contribution in [0.15, 0.2) is 48.5 Å². The molecule has 0 aliphatic rings. The summed E-state index contributed by atoms with van der Waals surface area (Å²) in [5, 5.41) is 0.644. The number of halogens is 1. The lowest BCUT2D eigenvalue weighted by Crippen LogP contribution is -2.21. The van der Waals surface area contributed by atoms with Gasteiger partial charge in [0.1, 0.15) is 18.3 Å². The molecule has 0 heterocycles. The number of methoxy groups -OCH3 is 1. The third kappa shape index (κ3) is 4.23. The van der Waals surface area contributed by atoms with Crippen molar-refractivity contribution in [2.75, 3.05) is 13.7 Å². The van der Waals surface area contributed by atoms with Gasteiger partial charge in [0.15, 0.2) is 0 Å². The molecule has 2 aromatic carbocycles. The number of hydrogen-bond donors (Lipinski definition) is 0. The van der Waals surface area contributed by atoms with Crippen LogP contribution >= 0.6 is 11.6 Å². The Kier molecular flexibility index (Phi) is 5.23. The summed E-state index contributed by atoms with van der Waals surface area (Å²) in [6, 6.07) is 14.8. The largest absolute Gasteiger partial charge is 0.492 e. The van der Waals surface area contributed by atoms with Crippen molar-refractivity contribution in [1.29, 1.82) is 0 Å². The highest BCUT2D eigenvalue weighted by molar-refractivity contribution is 6.30. The summed E-state index contributed by atoms with van der Waals surface area (Å²) < 4.78 is 10.6. The molecule has 0 spiro atoms. The minimum absolute atomic E-state index is 0.220. The molecule has 0 saturated heterocycles. The smallest absolute Gasteiger partial charge is 0.316 e. The molecule has 0 aliphatic heterocycles. The highest BCUT2D eigenvalue weighted by Gasteiger charge is 2.22. The number of carbonyl (C=O) groups is 1. The van der Waals surface area contributed by atoms with E-state index >= 15 is 0 Å². The molecule has 4 heteroatoms. The standard InChI is InChI=1S/C17H17ClO3/c1-12-4-3-5-13(10-12)16(17(19)20-2)11-21-15-8-6-14(18)7-9-15/h3-10,16H,11H2,1-2H3. The summed E-state index contributed by atoms with van der Waals surface area (Å²) in [7, 11) is 1.38. The van der Waals surface area contributed by atoms with Crippen molar-refractivity contribution in [3.63, 3.8) is 0 Å². The molecule has 1 atom stereocenters. The predicted octanol–water partition coefficient (Wildman–Crippen LogP) is 3.98. The maximum absolute atomic E-state index is 12.0. The van der Waals surface area contributed by atoms with Gasteiger partial charge in [-0.2, -0.15) is 0 Å². The number of benzene rings is 2. The van der Waals surface area contributed by atoms with Crippen LogP contribution in [0.2, 0.25) is 5.02 Å². The van der Waals surface area contributed by atoms with Crippen molar-refractivity contribution in [1.82, 2.24) is 0 Å². The third-order valence-corrected chi connectivity index (χ3v) is 3.41. The Balaban J connectivity index is 2.13. The molecule has 0 saturated carbocycles. The molecule has 0 bridgehead atoms. The molecule has 0 aromatic heterocycles. The molecule has 0 amide bonds. The van der Waals surface area contributed by atoms with Crippen LogP contribution in [0.1, 0.15) is 17.0 Å². The average Bonchev–Trinajstić information content (AvgIpc) is 2.49. The van der Waals surface area contributed by atoms with Gasteiger partial charge in [-0.1, -0.05) is 41.4 Å². The number of esters is 1. The molecule has 0 fully saturated rings. The van der Waals surface area contributed by atoms with Crippen molar-refractivity contribution in [3.05, 3.63) is 64.7 Å². The Morgan fingerprint density at radius 2 is 1.90 bits per heavy atom. The van der Waals surface area contributed by atoms with Crippen molar-refractivity contribution >= 4 is 17.6 Å². The van der Waals surface area contributed by atoms with Crippen molar-refractivity contribution in [2.45, 2.75) is 12.8 Å². The van der Waals surface area contributed by atoms with E-state index in [9.17, 15) is 4.79 Å². The minimum atomic E-state index is -0.453. The van der Waals surface area contributed by atoms with Gasteiger partial charge < -0.3 is 9.47 Å². The maximum Gasteiger partial charge on any atom is 0.316 e. The first-order valence-electron chi connectivity index (χ1n) is 6.63. The first kappa shape index (κ1) is 15.4. The second-order valence-electron chi connectivity index (χ2n) is 4.75. The molecule has 21 heavy (non-hydrogen) atoms. The Morgan fingerprint density at radius 3 is 2.52 bits per heavy atom. The van der Waals surface area contributed by atoms with E-state index in [1.54, 1.807) is 24.3 Å². The fourth-order valence-corrected chi connectivity index (χ4v) is 2.17. The lowest BCUT2D eigenvalue weighted by Gasteiger charge is -2.16. The molecule has 3 nitrogen and oxygen atoms in total. The topological polar surface area (TPSA) is 35.5 Å². The van der Waals surface area contributed by atoms with E-state index in [2.05, 4.69) is 0 Å². The van der Waals surface area contributed by atoms with Crippen LogP contribution in [0.3, 0.4) is 0 Å². The van der Waals surface area contributed by atoms with E-state index < -0.39 is 5.92 Å². The summed E-state index contributed by atoms with van der Waals surface area (Å²) in [5.74, 6) is -0.0962. The first-order chi connectivity index (χ1) is 10.1. The van der Waals surface area contributed by atoms with E-state index in [1.165, 1.54) is 7.11 Å². The zero-order chi connectivity index (χ0) is 15.2. The second-order valence-corrected chi connectivity index (χ2v) is 5.19. The molecule has 2 rings (SSSR count). The van der Waals surface area contributed by atoms with Crippen LogP contribution in [-0.4, -0.2) is 19.7 Å². The molecule has 110 valence electrons. The van der Waals surface area contributed by atoms with Gasteiger partial charge in [0.25, 0.3) is 0 Å². The van der Waals surface area contributed by atoms with Gasteiger partial charge in [-0.05, 0) is 36.8 Å². The molecule has 0 radical (unpaired) electrons. The van der Waals surface area contributed by atoms with E-state index in [4.69, 9.17) is 21.1 Å². The highest BCUT2D eigenvalue weighted by Crippen LogP contribution is 2.22. The van der Waals surface area contributed by atoms with Gasteiger partial charge in [0.05, 0.1) is 7.11 Å². The Morgan fingerprint density at radius 1 is 1.19 bits per heavy atom. The van der Waals surface area contributed by atoms with Crippen LogP contribution in [0.4, 0.5) is 0 Å². The Bertz CT molecular complexity index is 608. The van der Waals surface area contributed by atoms with E-state index in [-0.39, 0.29) is 12.6 Å².